The molecule has 10 heteroatoms. The van der Waals surface area contributed by atoms with Crippen molar-refractivity contribution in [3.63, 3.8) is 0 Å². The molecule has 1 saturated heterocycles. The zero-order valence-electron chi connectivity index (χ0n) is 19.5. The van der Waals surface area contributed by atoms with Gasteiger partial charge in [0, 0.05) is 50.8 Å². The molecular formula is C24H28N8O2. The highest BCUT2D eigenvalue weighted by Gasteiger charge is 2.21. The number of piperazine rings is 1. The van der Waals surface area contributed by atoms with E-state index >= 15 is 0 Å². The third kappa shape index (κ3) is 4.13. The smallest absolute Gasteiger partial charge is 0.277 e. The van der Waals surface area contributed by atoms with Crippen LogP contribution in [0.3, 0.4) is 0 Å². The fourth-order valence-corrected chi connectivity index (χ4v) is 4.10. The summed E-state index contributed by atoms with van der Waals surface area (Å²) >= 11 is 0. The summed E-state index contributed by atoms with van der Waals surface area (Å²) in [5.74, 6) is 0.861. The van der Waals surface area contributed by atoms with Crippen LogP contribution in [0.2, 0.25) is 0 Å². The summed E-state index contributed by atoms with van der Waals surface area (Å²) in [6.45, 7) is 7.29. The number of anilines is 3. The lowest BCUT2D eigenvalue weighted by molar-refractivity contribution is 0.0738. The second-order valence-corrected chi connectivity index (χ2v) is 8.92. The van der Waals surface area contributed by atoms with Crippen molar-refractivity contribution in [2.45, 2.75) is 19.4 Å². The first kappa shape index (κ1) is 22.1. The number of fused-ring (bicyclic) bond motifs is 1. The highest BCUT2D eigenvalue weighted by molar-refractivity contribution is 5.77. The molecule has 4 heterocycles. The molecule has 176 valence electrons. The SMILES string of the molecule is Cn1c(=O)c2cnc(Nc3ccc(N4CCNCC4)cc3)nc2n1-c1cccc(C(C)(C)O)n1. The van der Waals surface area contributed by atoms with Gasteiger partial charge in [-0.2, -0.15) is 4.98 Å². The third-order valence-corrected chi connectivity index (χ3v) is 5.98. The van der Waals surface area contributed by atoms with Crippen molar-refractivity contribution in [1.82, 2.24) is 29.6 Å². The van der Waals surface area contributed by atoms with E-state index in [2.05, 4.69) is 42.6 Å². The Bertz CT molecular complexity index is 1380. The average Bonchev–Trinajstić information content (AvgIpc) is 3.09. The molecule has 3 aromatic heterocycles. The Morgan fingerprint density at radius 1 is 1.06 bits per heavy atom. The summed E-state index contributed by atoms with van der Waals surface area (Å²) in [7, 11) is 1.66. The van der Waals surface area contributed by atoms with Crippen molar-refractivity contribution in [2.75, 3.05) is 36.4 Å². The Hall–Kier alpha value is -3.76. The fourth-order valence-electron chi connectivity index (χ4n) is 4.10. The van der Waals surface area contributed by atoms with Crippen LogP contribution in [0.4, 0.5) is 17.3 Å². The number of hydrogen-bond donors (Lipinski definition) is 3. The van der Waals surface area contributed by atoms with E-state index in [0.29, 0.717) is 28.5 Å². The molecule has 1 aliphatic heterocycles. The Morgan fingerprint density at radius 3 is 2.50 bits per heavy atom. The molecule has 0 radical (unpaired) electrons. The first-order chi connectivity index (χ1) is 16.3. The topological polar surface area (TPSA) is 113 Å². The van der Waals surface area contributed by atoms with Gasteiger partial charge in [-0.05, 0) is 50.2 Å². The Kier molecular flexibility index (Phi) is 5.54. The second-order valence-electron chi connectivity index (χ2n) is 8.92. The largest absolute Gasteiger partial charge is 0.384 e. The fraction of sp³-hybridized carbons (Fsp3) is 0.333. The van der Waals surface area contributed by atoms with Gasteiger partial charge in [0.1, 0.15) is 11.0 Å². The maximum atomic E-state index is 12.8. The minimum absolute atomic E-state index is 0.225. The molecular weight excluding hydrogens is 432 g/mol. The minimum atomic E-state index is -1.11. The molecule has 1 aliphatic rings. The number of aliphatic hydroxyl groups is 1. The molecule has 3 N–H and O–H groups in total. The van der Waals surface area contributed by atoms with Crippen LogP contribution in [0.1, 0.15) is 19.5 Å². The number of hydrogen-bond acceptors (Lipinski definition) is 8. The minimum Gasteiger partial charge on any atom is -0.384 e. The maximum absolute atomic E-state index is 12.8. The van der Waals surface area contributed by atoms with E-state index in [-0.39, 0.29) is 5.56 Å². The van der Waals surface area contributed by atoms with E-state index in [4.69, 9.17) is 0 Å². The molecule has 10 nitrogen and oxygen atoms in total. The van der Waals surface area contributed by atoms with Crippen molar-refractivity contribution in [1.29, 1.82) is 0 Å². The van der Waals surface area contributed by atoms with Crippen LogP contribution in [-0.2, 0) is 12.6 Å². The Balaban J connectivity index is 1.48. The van der Waals surface area contributed by atoms with Gasteiger partial charge in [-0.1, -0.05) is 6.07 Å². The van der Waals surface area contributed by atoms with E-state index in [1.807, 2.05) is 12.1 Å². The maximum Gasteiger partial charge on any atom is 0.277 e. The van der Waals surface area contributed by atoms with Gasteiger partial charge in [0.15, 0.2) is 11.5 Å². The molecule has 0 spiro atoms. The molecule has 0 atom stereocenters. The van der Waals surface area contributed by atoms with Crippen LogP contribution in [0, 0.1) is 0 Å². The van der Waals surface area contributed by atoms with Crippen LogP contribution < -0.4 is 21.1 Å². The molecule has 0 bridgehead atoms. The number of benzene rings is 1. The number of nitrogens with zero attached hydrogens (tertiary/aromatic N) is 6. The van der Waals surface area contributed by atoms with Crippen LogP contribution in [-0.4, -0.2) is 55.6 Å². The predicted molar refractivity (Wildman–Crippen MR) is 132 cm³/mol. The van der Waals surface area contributed by atoms with Crippen molar-refractivity contribution in [3.05, 3.63) is 64.7 Å². The van der Waals surface area contributed by atoms with Gasteiger partial charge in [-0.15, -0.1) is 0 Å². The Labute approximate surface area is 196 Å². The molecule has 1 fully saturated rings. The zero-order chi connectivity index (χ0) is 23.9. The van der Waals surface area contributed by atoms with Gasteiger partial charge in [-0.25, -0.2) is 19.3 Å². The molecule has 1 aromatic carbocycles. The standard InChI is InChI=1S/C24H28N8O2/c1-24(2,34)19-5-4-6-20(28-19)32-21-18(22(33)30(32)3)15-26-23(29-21)27-16-7-9-17(10-8-16)31-13-11-25-12-14-31/h4-10,15,25,34H,11-14H2,1-3H3,(H,26,27,29). The quantitative estimate of drug-likeness (QED) is 0.414. The number of nitrogens with one attached hydrogen (secondary N) is 2. The van der Waals surface area contributed by atoms with Gasteiger partial charge in [0.2, 0.25) is 5.95 Å². The summed E-state index contributed by atoms with van der Waals surface area (Å²) in [5.41, 5.74) is 1.62. The predicted octanol–water partition coefficient (Wildman–Crippen LogP) is 1.89. The zero-order valence-corrected chi connectivity index (χ0v) is 19.5. The molecule has 34 heavy (non-hydrogen) atoms. The third-order valence-electron chi connectivity index (χ3n) is 5.98. The second kappa shape index (κ2) is 8.54. The van der Waals surface area contributed by atoms with E-state index in [9.17, 15) is 9.90 Å². The average molecular weight is 461 g/mol. The molecule has 5 rings (SSSR count). The van der Waals surface area contributed by atoms with Crippen molar-refractivity contribution >= 4 is 28.4 Å². The van der Waals surface area contributed by atoms with E-state index in [1.165, 1.54) is 16.6 Å². The van der Waals surface area contributed by atoms with E-state index in [1.54, 1.807) is 43.8 Å². The van der Waals surface area contributed by atoms with E-state index < -0.39 is 5.60 Å². The van der Waals surface area contributed by atoms with Gasteiger partial charge in [0.25, 0.3) is 5.56 Å². The lowest BCUT2D eigenvalue weighted by atomic mass is 10.1. The molecule has 0 aliphatic carbocycles. The number of rotatable bonds is 5. The molecule has 0 amide bonds. The summed E-state index contributed by atoms with van der Waals surface area (Å²) in [6, 6.07) is 13.5. The highest BCUT2D eigenvalue weighted by atomic mass is 16.3. The van der Waals surface area contributed by atoms with Gasteiger partial charge >= 0.3 is 0 Å². The number of aromatic nitrogens is 5. The van der Waals surface area contributed by atoms with Crippen molar-refractivity contribution < 1.29 is 5.11 Å². The summed E-state index contributed by atoms with van der Waals surface area (Å²) < 4.78 is 3.08. The van der Waals surface area contributed by atoms with E-state index in [0.717, 1.165) is 31.9 Å². The van der Waals surface area contributed by atoms with Gasteiger partial charge in [-0.3, -0.25) is 4.79 Å². The molecule has 0 unspecified atom stereocenters. The first-order valence-electron chi connectivity index (χ1n) is 11.3. The lowest BCUT2D eigenvalue weighted by Gasteiger charge is -2.29. The van der Waals surface area contributed by atoms with Crippen molar-refractivity contribution in [3.8, 4) is 5.82 Å². The summed E-state index contributed by atoms with van der Waals surface area (Å²) in [5, 5.41) is 17.4. The van der Waals surface area contributed by atoms with Crippen LogP contribution >= 0.6 is 0 Å². The Morgan fingerprint density at radius 2 is 1.79 bits per heavy atom. The molecule has 0 saturated carbocycles. The summed E-state index contributed by atoms with van der Waals surface area (Å²) in [6.07, 6.45) is 1.53. The highest BCUT2D eigenvalue weighted by Crippen LogP contribution is 2.23. The van der Waals surface area contributed by atoms with Crippen LogP contribution in [0.15, 0.2) is 53.5 Å². The lowest BCUT2D eigenvalue weighted by Crippen LogP contribution is -2.43. The van der Waals surface area contributed by atoms with Crippen molar-refractivity contribution in [2.24, 2.45) is 7.05 Å². The number of pyridine rings is 1. The molecule has 4 aromatic rings. The van der Waals surface area contributed by atoms with Crippen LogP contribution in [0.5, 0.6) is 0 Å². The van der Waals surface area contributed by atoms with Gasteiger partial charge in [0.05, 0.1) is 5.69 Å². The monoisotopic (exact) mass is 460 g/mol. The summed E-state index contributed by atoms with van der Waals surface area (Å²) in [4.78, 5) is 28.7. The normalized spacial score (nSPS) is 14.5. The first-order valence-corrected chi connectivity index (χ1v) is 11.3. The van der Waals surface area contributed by atoms with Gasteiger partial charge < -0.3 is 20.6 Å². The van der Waals surface area contributed by atoms with Crippen LogP contribution in [0.25, 0.3) is 16.9 Å².